The van der Waals surface area contributed by atoms with Gasteiger partial charge < -0.3 is 9.80 Å². The Balaban J connectivity index is 1.38. The number of benzene rings is 2. The number of piperazine rings is 1. The standard InChI is InChI=1S/C19H17F2N3OS/c20-13-5-6-14(15(21)11-13)19(25)24-9-7-23(8-10-24)12-18-22-16-3-1-2-4-17(16)26-18/h1-6,11H,7-10,12H2/p+1. The number of nitrogens with one attached hydrogen (secondary N) is 1. The summed E-state index contributed by atoms with van der Waals surface area (Å²) in [6.45, 7) is 3.49. The second kappa shape index (κ2) is 7.09. The highest BCUT2D eigenvalue weighted by atomic mass is 32.1. The van der Waals surface area contributed by atoms with Crippen molar-refractivity contribution in [2.24, 2.45) is 0 Å². The van der Waals surface area contributed by atoms with Gasteiger partial charge in [0.2, 0.25) is 0 Å². The number of quaternary nitrogens is 1. The van der Waals surface area contributed by atoms with E-state index in [0.717, 1.165) is 42.3 Å². The lowest BCUT2D eigenvalue weighted by molar-refractivity contribution is -0.917. The first-order valence-corrected chi connectivity index (χ1v) is 9.34. The van der Waals surface area contributed by atoms with E-state index in [2.05, 4.69) is 11.1 Å². The van der Waals surface area contributed by atoms with Crippen LogP contribution in [0.5, 0.6) is 0 Å². The first-order chi connectivity index (χ1) is 12.6. The lowest BCUT2D eigenvalue weighted by Gasteiger charge is -2.31. The van der Waals surface area contributed by atoms with E-state index in [0.29, 0.717) is 13.1 Å². The summed E-state index contributed by atoms with van der Waals surface area (Å²) >= 11 is 1.70. The van der Waals surface area contributed by atoms with Crippen LogP contribution in [-0.2, 0) is 6.54 Å². The Morgan fingerprint density at radius 3 is 2.65 bits per heavy atom. The fourth-order valence-corrected chi connectivity index (χ4v) is 4.28. The first kappa shape index (κ1) is 17.1. The molecular weight excluding hydrogens is 356 g/mol. The minimum Gasteiger partial charge on any atom is -0.327 e. The van der Waals surface area contributed by atoms with E-state index in [1.165, 1.54) is 15.7 Å². The fourth-order valence-electron chi connectivity index (χ4n) is 3.25. The van der Waals surface area contributed by atoms with Crippen LogP contribution < -0.4 is 4.90 Å². The Morgan fingerprint density at radius 1 is 1.15 bits per heavy atom. The van der Waals surface area contributed by atoms with Gasteiger partial charge in [-0.2, -0.15) is 0 Å². The van der Waals surface area contributed by atoms with Crippen molar-refractivity contribution in [3.63, 3.8) is 0 Å². The van der Waals surface area contributed by atoms with E-state index >= 15 is 0 Å². The van der Waals surface area contributed by atoms with E-state index in [4.69, 9.17) is 0 Å². The molecule has 3 aromatic rings. The third kappa shape index (κ3) is 3.45. The molecule has 0 bridgehead atoms. The van der Waals surface area contributed by atoms with Gasteiger partial charge in [-0.15, -0.1) is 11.3 Å². The Kier molecular flexibility index (Phi) is 4.65. The summed E-state index contributed by atoms with van der Waals surface area (Å²) in [5.74, 6) is -1.86. The molecule has 1 aliphatic rings. The molecule has 4 rings (SSSR count). The van der Waals surface area contributed by atoms with Crippen molar-refractivity contribution in [2.75, 3.05) is 26.2 Å². The number of halogens is 2. The van der Waals surface area contributed by atoms with Crippen molar-refractivity contribution in [1.29, 1.82) is 0 Å². The molecule has 1 amide bonds. The van der Waals surface area contributed by atoms with Gasteiger partial charge in [-0.25, -0.2) is 13.8 Å². The molecule has 1 saturated heterocycles. The molecule has 0 radical (unpaired) electrons. The molecule has 0 aliphatic carbocycles. The molecular formula is C19H18F2N3OS+. The number of amides is 1. The Bertz CT molecular complexity index is 918. The third-order valence-corrected chi connectivity index (χ3v) is 5.70. The SMILES string of the molecule is O=C(c1ccc(F)cc1F)N1CC[NH+](Cc2nc3ccccc3s2)CC1. The number of carbonyl (C=O) groups is 1. The van der Waals surface area contributed by atoms with Gasteiger partial charge in [0.25, 0.3) is 5.91 Å². The zero-order valence-corrected chi connectivity index (χ0v) is 14.9. The zero-order valence-electron chi connectivity index (χ0n) is 14.0. The number of hydrogen-bond donors (Lipinski definition) is 1. The Labute approximate surface area is 153 Å². The van der Waals surface area contributed by atoms with Crippen molar-refractivity contribution >= 4 is 27.5 Å². The van der Waals surface area contributed by atoms with Crippen LogP contribution in [-0.4, -0.2) is 42.0 Å². The lowest BCUT2D eigenvalue weighted by atomic mass is 10.1. The van der Waals surface area contributed by atoms with Gasteiger partial charge in [0.05, 0.1) is 42.0 Å². The minimum absolute atomic E-state index is 0.0685. The van der Waals surface area contributed by atoms with Gasteiger partial charge in [0.1, 0.15) is 23.2 Å². The average molecular weight is 374 g/mol. The highest BCUT2D eigenvalue weighted by Crippen LogP contribution is 2.20. The number of carbonyl (C=O) groups excluding carboxylic acids is 1. The highest BCUT2D eigenvalue weighted by molar-refractivity contribution is 7.18. The summed E-state index contributed by atoms with van der Waals surface area (Å²) in [6, 6.07) is 11.2. The summed E-state index contributed by atoms with van der Waals surface area (Å²) in [5, 5.41) is 1.09. The first-order valence-electron chi connectivity index (χ1n) is 8.52. The number of rotatable bonds is 3. The molecule has 2 heterocycles. The van der Waals surface area contributed by atoms with Crippen LogP contribution in [0.1, 0.15) is 15.4 Å². The lowest BCUT2D eigenvalue weighted by Crippen LogP contribution is -3.13. The molecule has 4 nitrogen and oxygen atoms in total. The molecule has 7 heteroatoms. The smallest absolute Gasteiger partial charge is 0.257 e. The number of aromatic nitrogens is 1. The van der Waals surface area contributed by atoms with Gasteiger partial charge in [-0.05, 0) is 24.3 Å². The zero-order chi connectivity index (χ0) is 18.1. The van der Waals surface area contributed by atoms with Crippen LogP contribution in [0.3, 0.4) is 0 Å². The normalized spacial score (nSPS) is 15.5. The van der Waals surface area contributed by atoms with E-state index in [-0.39, 0.29) is 11.5 Å². The molecule has 0 saturated carbocycles. The second-order valence-corrected chi connectivity index (χ2v) is 7.53. The van der Waals surface area contributed by atoms with E-state index in [9.17, 15) is 13.6 Å². The van der Waals surface area contributed by atoms with Crippen LogP contribution in [0, 0.1) is 11.6 Å². The molecule has 0 atom stereocenters. The number of hydrogen-bond acceptors (Lipinski definition) is 3. The van der Waals surface area contributed by atoms with E-state index in [1.54, 1.807) is 16.2 Å². The average Bonchev–Trinajstić information content (AvgIpc) is 3.04. The number of nitrogens with zero attached hydrogens (tertiary/aromatic N) is 2. The Morgan fingerprint density at radius 2 is 1.92 bits per heavy atom. The van der Waals surface area contributed by atoms with Crippen LogP contribution in [0.15, 0.2) is 42.5 Å². The number of fused-ring (bicyclic) bond motifs is 1. The predicted molar refractivity (Wildman–Crippen MR) is 96.3 cm³/mol. The highest BCUT2D eigenvalue weighted by Gasteiger charge is 2.26. The van der Waals surface area contributed by atoms with Crippen molar-refractivity contribution in [1.82, 2.24) is 9.88 Å². The number of thiazole rings is 1. The number of para-hydroxylation sites is 1. The summed E-state index contributed by atoms with van der Waals surface area (Å²) < 4.78 is 28.0. The van der Waals surface area contributed by atoms with Gasteiger partial charge >= 0.3 is 0 Å². The largest absolute Gasteiger partial charge is 0.327 e. The van der Waals surface area contributed by atoms with Gasteiger partial charge in [-0.1, -0.05) is 12.1 Å². The maximum atomic E-state index is 13.8. The summed E-state index contributed by atoms with van der Waals surface area (Å²) in [5.41, 5.74) is 0.952. The second-order valence-electron chi connectivity index (χ2n) is 6.42. The van der Waals surface area contributed by atoms with Crippen molar-refractivity contribution < 1.29 is 18.5 Å². The van der Waals surface area contributed by atoms with Crippen LogP contribution in [0.2, 0.25) is 0 Å². The Hall–Kier alpha value is -2.38. The molecule has 1 N–H and O–H groups in total. The molecule has 2 aromatic carbocycles. The third-order valence-electron chi connectivity index (χ3n) is 4.66. The van der Waals surface area contributed by atoms with Gasteiger partial charge in [0.15, 0.2) is 0 Å². The predicted octanol–water partition coefficient (Wildman–Crippen LogP) is 2.12. The van der Waals surface area contributed by atoms with Crippen LogP contribution in [0.25, 0.3) is 10.2 Å². The quantitative estimate of drug-likeness (QED) is 0.763. The van der Waals surface area contributed by atoms with Crippen LogP contribution >= 0.6 is 11.3 Å². The molecule has 1 aromatic heterocycles. The van der Waals surface area contributed by atoms with E-state index < -0.39 is 11.6 Å². The van der Waals surface area contributed by atoms with Crippen molar-refractivity contribution in [3.8, 4) is 0 Å². The summed E-state index contributed by atoms with van der Waals surface area (Å²) in [4.78, 5) is 20.1. The van der Waals surface area contributed by atoms with Crippen molar-refractivity contribution in [3.05, 3.63) is 64.7 Å². The maximum Gasteiger partial charge on any atom is 0.257 e. The maximum absolute atomic E-state index is 13.8. The molecule has 0 spiro atoms. The monoisotopic (exact) mass is 374 g/mol. The summed E-state index contributed by atoms with van der Waals surface area (Å²) in [7, 11) is 0. The molecule has 134 valence electrons. The molecule has 1 fully saturated rings. The van der Waals surface area contributed by atoms with Gasteiger partial charge in [0, 0.05) is 6.07 Å². The van der Waals surface area contributed by atoms with Crippen LogP contribution in [0.4, 0.5) is 8.78 Å². The molecule has 26 heavy (non-hydrogen) atoms. The topological polar surface area (TPSA) is 37.6 Å². The van der Waals surface area contributed by atoms with Gasteiger partial charge in [-0.3, -0.25) is 4.79 Å². The fraction of sp³-hybridized carbons (Fsp3) is 0.263. The molecule has 0 unspecified atom stereocenters. The molecule has 1 aliphatic heterocycles. The van der Waals surface area contributed by atoms with Crippen molar-refractivity contribution in [2.45, 2.75) is 6.54 Å². The van der Waals surface area contributed by atoms with E-state index in [1.807, 2.05) is 18.2 Å². The minimum atomic E-state index is -0.806. The summed E-state index contributed by atoms with van der Waals surface area (Å²) in [6.07, 6.45) is 0.